The predicted octanol–water partition coefficient (Wildman–Crippen LogP) is 5.46. The van der Waals surface area contributed by atoms with Crippen LogP contribution in [0.4, 0.5) is 11.4 Å². The Bertz CT molecular complexity index is 733. The second-order valence-electron chi connectivity index (χ2n) is 7.11. The lowest BCUT2D eigenvalue weighted by atomic mass is 9.85. The quantitative estimate of drug-likeness (QED) is 0.717. The van der Waals surface area contributed by atoms with Crippen LogP contribution in [0.15, 0.2) is 30.3 Å². The third kappa shape index (κ3) is 2.90. The Balaban J connectivity index is 2.04. The molecule has 0 amide bonds. The highest BCUT2D eigenvalue weighted by Crippen LogP contribution is 2.38. The van der Waals surface area contributed by atoms with Gasteiger partial charge < -0.3 is 11.1 Å². The number of hydrogen-bond acceptors (Lipinski definition) is 2. The number of rotatable bonds is 5. The molecule has 1 aliphatic carbocycles. The van der Waals surface area contributed by atoms with Gasteiger partial charge in [0.15, 0.2) is 0 Å². The van der Waals surface area contributed by atoms with Crippen molar-refractivity contribution in [1.29, 1.82) is 0 Å². The molecule has 3 rings (SSSR count). The Kier molecular flexibility index (Phi) is 4.84. The summed E-state index contributed by atoms with van der Waals surface area (Å²) < 4.78 is 0. The van der Waals surface area contributed by atoms with E-state index in [2.05, 4.69) is 56.4 Å². The second kappa shape index (κ2) is 6.88. The summed E-state index contributed by atoms with van der Waals surface area (Å²) in [6.45, 7) is 6.82. The molecule has 0 radical (unpaired) electrons. The predicted molar refractivity (Wildman–Crippen MR) is 105 cm³/mol. The van der Waals surface area contributed by atoms with Gasteiger partial charge in [-0.05, 0) is 65.5 Å². The maximum Gasteiger partial charge on any atom is 0.0603 e. The van der Waals surface area contributed by atoms with Crippen molar-refractivity contribution in [3.05, 3.63) is 58.1 Å². The van der Waals surface area contributed by atoms with Crippen LogP contribution in [0, 0.1) is 0 Å². The molecule has 2 heteroatoms. The monoisotopic (exact) mass is 322 g/mol. The smallest absolute Gasteiger partial charge is 0.0603 e. The lowest BCUT2D eigenvalue weighted by Crippen LogP contribution is -2.06. The van der Waals surface area contributed by atoms with E-state index < -0.39 is 0 Å². The minimum absolute atomic E-state index is 0.418. The second-order valence-corrected chi connectivity index (χ2v) is 7.11. The van der Waals surface area contributed by atoms with Gasteiger partial charge in [0.25, 0.3) is 0 Å². The van der Waals surface area contributed by atoms with Crippen molar-refractivity contribution in [1.82, 2.24) is 0 Å². The average molecular weight is 322 g/mol. The molecule has 0 heterocycles. The van der Waals surface area contributed by atoms with Gasteiger partial charge >= 0.3 is 0 Å². The van der Waals surface area contributed by atoms with Crippen LogP contribution in [-0.2, 0) is 12.8 Å². The molecule has 3 N–H and O–H groups in total. The summed E-state index contributed by atoms with van der Waals surface area (Å²) in [6, 6.07) is 11.6. The highest BCUT2D eigenvalue weighted by Gasteiger charge is 2.22. The lowest BCUT2D eigenvalue weighted by molar-refractivity contribution is 0.741. The van der Waals surface area contributed by atoms with E-state index in [-0.39, 0.29) is 0 Å². The maximum absolute atomic E-state index is 6.33. The summed E-state index contributed by atoms with van der Waals surface area (Å²) >= 11 is 0. The van der Waals surface area contributed by atoms with Crippen molar-refractivity contribution in [3.8, 4) is 0 Å². The van der Waals surface area contributed by atoms with Crippen LogP contribution in [0.3, 0.4) is 0 Å². The first-order valence-electron chi connectivity index (χ1n) is 9.31. The third-order valence-electron chi connectivity index (χ3n) is 5.66. The topological polar surface area (TPSA) is 38.0 Å². The number of hydrogen-bond donors (Lipinski definition) is 2. The summed E-state index contributed by atoms with van der Waals surface area (Å²) in [5.41, 5.74) is 15.5. The largest absolute Gasteiger partial charge is 0.397 e. The van der Waals surface area contributed by atoms with E-state index in [9.17, 15) is 0 Å². The molecule has 2 aromatic rings. The third-order valence-corrected chi connectivity index (χ3v) is 5.66. The van der Waals surface area contributed by atoms with Crippen LogP contribution in [0.1, 0.15) is 73.3 Å². The molecule has 128 valence electrons. The summed E-state index contributed by atoms with van der Waals surface area (Å²) in [4.78, 5) is 0. The zero-order valence-electron chi connectivity index (χ0n) is 15.4. The zero-order valence-corrected chi connectivity index (χ0v) is 15.4. The molecule has 0 aliphatic heterocycles. The van der Waals surface area contributed by atoms with Crippen LogP contribution in [0.2, 0.25) is 0 Å². The minimum Gasteiger partial charge on any atom is -0.397 e. The van der Waals surface area contributed by atoms with E-state index >= 15 is 0 Å². The van der Waals surface area contributed by atoms with E-state index in [0.717, 1.165) is 24.2 Å². The van der Waals surface area contributed by atoms with Crippen LogP contribution in [0.25, 0.3) is 0 Å². The molecule has 0 fully saturated rings. The standard InChI is InChI=1S/C22H30N2/c1-5-15-11-18(13-21(23)22(15)24-4)19(6-2)17-10-9-16-8-7-14(3)20(16)12-17/h9-14,19,24H,5-8,23H2,1-4H3. The Morgan fingerprint density at radius 2 is 1.96 bits per heavy atom. The van der Waals surface area contributed by atoms with Crippen molar-refractivity contribution in [3.63, 3.8) is 0 Å². The Morgan fingerprint density at radius 3 is 2.62 bits per heavy atom. The van der Waals surface area contributed by atoms with Gasteiger partial charge in [0.05, 0.1) is 11.4 Å². The van der Waals surface area contributed by atoms with Gasteiger partial charge in [0, 0.05) is 13.0 Å². The van der Waals surface area contributed by atoms with Gasteiger partial charge in [-0.25, -0.2) is 0 Å². The number of nitrogen functional groups attached to an aromatic ring is 1. The van der Waals surface area contributed by atoms with Crippen LogP contribution >= 0.6 is 0 Å². The van der Waals surface area contributed by atoms with Crippen molar-refractivity contribution in [2.75, 3.05) is 18.1 Å². The number of aryl methyl sites for hydroxylation is 2. The van der Waals surface area contributed by atoms with Gasteiger partial charge in [-0.2, -0.15) is 0 Å². The van der Waals surface area contributed by atoms with Crippen molar-refractivity contribution in [2.24, 2.45) is 0 Å². The van der Waals surface area contributed by atoms with Crippen molar-refractivity contribution < 1.29 is 0 Å². The van der Waals surface area contributed by atoms with Gasteiger partial charge in [-0.1, -0.05) is 45.0 Å². The molecule has 0 bridgehead atoms. The number of nitrogens with two attached hydrogens (primary N) is 1. The fourth-order valence-corrected chi connectivity index (χ4v) is 4.25. The molecule has 0 spiro atoms. The van der Waals surface area contributed by atoms with Gasteiger partial charge in [0.2, 0.25) is 0 Å². The molecule has 2 aromatic carbocycles. The number of nitrogens with one attached hydrogen (secondary N) is 1. The Morgan fingerprint density at radius 1 is 1.17 bits per heavy atom. The number of fused-ring (bicyclic) bond motifs is 1. The lowest BCUT2D eigenvalue weighted by Gasteiger charge is -2.21. The Labute approximate surface area is 146 Å². The van der Waals surface area contributed by atoms with E-state index in [0.29, 0.717) is 11.8 Å². The molecule has 1 aliphatic rings. The molecular weight excluding hydrogens is 292 g/mol. The van der Waals surface area contributed by atoms with Crippen molar-refractivity contribution in [2.45, 2.75) is 58.3 Å². The van der Waals surface area contributed by atoms with Gasteiger partial charge in [0.1, 0.15) is 0 Å². The molecular formula is C22H30N2. The van der Waals surface area contributed by atoms with E-state index in [1.807, 2.05) is 7.05 Å². The minimum atomic E-state index is 0.418. The van der Waals surface area contributed by atoms with E-state index in [4.69, 9.17) is 5.73 Å². The Hall–Kier alpha value is -1.96. The summed E-state index contributed by atoms with van der Waals surface area (Å²) in [5, 5.41) is 3.25. The van der Waals surface area contributed by atoms with Crippen molar-refractivity contribution >= 4 is 11.4 Å². The molecule has 2 unspecified atom stereocenters. The first-order chi connectivity index (χ1) is 11.6. The van der Waals surface area contributed by atoms with Crippen LogP contribution in [0.5, 0.6) is 0 Å². The normalized spacial score (nSPS) is 17.6. The van der Waals surface area contributed by atoms with E-state index in [1.165, 1.54) is 29.5 Å². The first-order valence-corrected chi connectivity index (χ1v) is 9.31. The van der Waals surface area contributed by atoms with E-state index in [1.54, 1.807) is 11.1 Å². The average Bonchev–Trinajstić information content (AvgIpc) is 2.96. The number of benzene rings is 2. The molecule has 24 heavy (non-hydrogen) atoms. The van der Waals surface area contributed by atoms with Gasteiger partial charge in [-0.3, -0.25) is 0 Å². The highest BCUT2D eigenvalue weighted by atomic mass is 14.9. The molecule has 0 saturated carbocycles. The summed E-state index contributed by atoms with van der Waals surface area (Å²) in [7, 11) is 1.95. The fourth-order valence-electron chi connectivity index (χ4n) is 4.25. The summed E-state index contributed by atoms with van der Waals surface area (Å²) in [6.07, 6.45) is 4.61. The molecule has 2 nitrogen and oxygen atoms in total. The highest BCUT2D eigenvalue weighted by molar-refractivity contribution is 5.72. The summed E-state index contributed by atoms with van der Waals surface area (Å²) in [5.74, 6) is 1.11. The molecule has 0 saturated heterocycles. The maximum atomic E-state index is 6.33. The fraction of sp³-hybridized carbons (Fsp3) is 0.455. The SMILES string of the molecule is CCc1cc(C(CC)c2ccc3c(c2)C(C)CC3)cc(N)c1NC. The number of anilines is 2. The van der Waals surface area contributed by atoms with Gasteiger partial charge in [-0.15, -0.1) is 0 Å². The molecule has 2 atom stereocenters. The van der Waals surface area contributed by atoms with Crippen LogP contribution in [-0.4, -0.2) is 7.05 Å². The molecule has 0 aromatic heterocycles. The zero-order chi connectivity index (χ0) is 17.3. The first kappa shape index (κ1) is 16.9. The van der Waals surface area contributed by atoms with Crippen LogP contribution < -0.4 is 11.1 Å².